The maximum absolute atomic E-state index is 13.0. The van der Waals surface area contributed by atoms with Crippen molar-refractivity contribution in [1.82, 2.24) is 4.31 Å². The van der Waals surface area contributed by atoms with Crippen LogP contribution < -0.4 is 4.90 Å². The lowest BCUT2D eigenvalue weighted by atomic mass is 10.2. The van der Waals surface area contributed by atoms with Crippen LogP contribution in [-0.4, -0.2) is 50.7 Å². The average Bonchev–Trinajstić information content (AvgIpc) is 2.72. The van der Waals surface area contributed by atoms with Crippen molar-refractivity contribution in [2.75, 3.05) is 37.0 Å². The minimum absolute atomic E-state index is 0.0478. The van der Waals surface area contributed by atoms with Gasteiger partial charge in [0.05, 0.1) is 36.1 Å². The van der Waals surface area contributed by atoms with Gasteiger partial charge in [0.2, 0.25) is 15.9 Å². The van der Waals surface area contributed by atoms with Crippen LogP contribution in [0.15, 0.2) is 52.3 Å². The van der Waals surface area contributed by atoms with Crippen LogP contribution in [0, 0.1) is 0 Å². The highest BCUT2D eigenvalue weighted by Gasteiger charge is 2.30. The van der Waals surface area contributed by atoms with E-state index >= 15 is 0 Å². The lowest BCUT2D eigenvalue weighted by Crippen LogP contribution is -2.41. The van der Waals surface area contributed by atoms with Crippen molar-refractivity contribution in [2.45, 2.75) is 16.3 Å². The first kappa shape index (κ1) is 19.7. The number of hydrogen-bond donors (Lipinski definition) is 0. The highest BCUT2D eigenvalue weighted by Crippen LogP contribution is 2.38. The summed E-state index contributed by atoms with van der Waals surface area (Å²) in [7, 11) is -3.63. The molecule has 0 aliphatic carbocycles. The van der Waals surface area contributed by atoms with Crippen molar-refractivity contribution >= 4 is 45.0 Å². The number of halogens is 1. The van der Waals surface area contributed by atoms with Crippen molar-refractivity contribution in [3.8, 4) is 0 Å². The van der Waals surface area contributed by atoms with Gasteiger partial charge >= 0.3 is 0 Å². The molecule has 6 nitrogen and oxygen atoms in total. The lowest BCUT2D eigenvalue weighted by molar-refractivity contribution is -0.116. The zero-order chi connectivity index (χ0) is 19.7. The van der Waals surface area contributed by atoms with E-state index in [2.05, 4.69) is 0 Å². The van der Waals surface area contributed by atoms with Crippen molar-refractivity contribution in [3.05, 3.63) is 53.1 Å². The zero-order valence-corrected chi connectivity index (χ0v) is 17.4. The van der Waals surface area contributed by atoms with Gasteiger partial charge in [-0.15, -0.1) is 11.8 Å². The van der Waals surface area contributed by atoms with Crippen LogP contribution in [0.4, 0.5) is 5.69 Å². The van der Waals surface area contributed by atoms with Gasteiger partial charge in [0.15, 0.2) is 0 Å². The Morgan fingerprint density at radius 2 is 1.79 bits per heavy atom. The standard InChI is InChI=1S/C19H19ClN2O4S2/c20-15-3-1-14(2-4-15)12-22-17-11-16(5-6-18(17)27-13-19(22)23)28(24,25)21-7-9-26-10-8-21/h1-6,11H,7-10,12-13H2. The molecule has 0 N–H and O–H groups in total. The molecule has 0 spiro atoms. The second kappa shape index (κ2) is 8.04. The third-order valence-electron chi connectivity index (χ3n) is 4.74. The fourth-order valence-corrected chi connectivity index (χ4v) is 5.69. The van der Waals surface area contributed by atoms with Gasteiger partial charge in [0.25, 0.3) is 0 Å². The monoisotopic (exact) mass is 438 g/mol. The predicted octanol–water partition coefficient (Wildman–Crippen LogP) is 3.00. The van der Waals surface area contributed by atoms with Crippen LogP contribution in [0.5, 0.6) is 0 Å². The number of amides is 1. The van der Waals surface area contributed by atoms with E-state index < -0.39 is 10.0 Å². The Hall–Kier alpha value is -1.58. The molecular weight excluding hydrogens is 420 g/mol. The molecule has 0 atom stereocenters. The number of rotatable bonds is 4. The number of benzene rings is 2. The Morgan fingerprint density at radius 3 is 2.50 bits per heavy atom. The summed E-state index contributed by atoms with van der Waals surface area (Å²) >= 11 is 7.37. The van der Waals surface area contributed by atoms with Crippen LogP contribution >= 0.6 is 23.4 Å². The quantitative estimate of drug-likeness (QED) is 0.734. The molecule has 148 valence electrons. The Balaban J connectivity index is 1.68. The third-order valence-corrected chi connectivity index (χ3v) is 7.93. The fourth-order valence-electron chi connectivity index (χ4n) is 3.22. The maximum Gasteiger partial charge on any atom is 0.243 e. The number of carbonyl (C=O) groups is 1. The van der Waals surface area contributed by atoms with Crippen molar-refractivity contribution in [1.29, 1.82) is 0 Å². The van der Waals surface area contributed by atoms with Crippen LogP contribution in [0.25, 0.3) is 0 Å². The lowest BCUT2D eigenvalue weighted by Gasteiger charge is -2.31. The first-order valence-corrected chi connectivity index (χ1v) is 11.6. The number of carbonyl (C=O) groups excluding carboxylic acids is 1. The van der Waals surface area contributed by atoms with E-state index in [0.29, 0.717) is 49.3 Å². The van der Waals surface area contributed by atoms with Crippen LogP contribution in [-0.2, 0) is 26.1 Å². The van der Waals surface area contributed by atoms with Crippen LogP contribution in [0.1, 0.15) is 5.56 Å². The number of sulfonamides is 1. The molecule has 0 radical (unpaired) electrons. The molecule has 1 amide bonds. The van der Waals surface area contributed by atoms with Gasteiger partial charge in [0.1, 0.15) is 0 Å². The Bertz CT molecular complexity index is 989. The first-order chi connectivity index (χ1) is 13.4. The summed E-state index contributed by atoms with van der Waals surface area (Å²) in [6, 6.07) is 12.3. The number of nitrogens with zero attached hydrogens (tertiary/aromatic N) is 2. The number of ether oxygens (including phenoxy) is 1. The Morgan fingerprint density at radius 1 is 1.07 bits per heavy atom. The number of hydrogen-bond acceptors (Lipinski definition) is 5. The van der Waals surface area contributed by atoms with E-state index in [1.54, 1.807) is 35.2 Å². The molecule has 0 unspecified atom stereocenters. The van der Waals surface area contributed by atoms with Crippen molar-refractivity contribution < 1.29 is 17.9 Å². The largest absolute Gasteiger partial charge is 0.379 e. The highest BCUT2D eigenvalue weighted by molar-refractivity contribution is 8.00. The van der Waals surface area contributed by atoms with E-state index in [4.69, 9.17) is 16.3 Å². The van der Waals surface area contributed by atoms with Crippen LogP contribution in [0.3, 0.4) is 0 Å². The predicted molar refractivity (Wildman–Crippen MR) is 109 cm³/mol. The molecule has 2 heterocycles. The molecule has 9 heteroatoms. The molecule has 0 bridgehead atoms. The second-order valence-corrected chi connectivity index (χ2v) is 9.93. The van der Waals surface area contributed by atoms with E-state index in [9.17, 15) is 13.2 Å². The van der Waals surface area contributed by atoms with E-state index in [0.717, 1.165) is 10.5 Å². The summed E-state index contributed by atoms with van der Waals surface area (Å²) in [4.78, 5) is 15.3. The summed E-state index contributed by atoms with van der Waals surface area (Å²) in [5, 5.41) is 0.628. The SMILES string of the molecule is O=C1CSc2ccc(S(=O)(=O)N3CCOCC3)cc2N1Cc1ccc(Cl)cc1. The number of morpholine rings is 1. The molecule has 28 heavy (non-hydrogen) atoms. The van der Waals surface area contributed by atoms with Crippen molar-refractivity contribution in [3.63, 3.8) is 0 Å². The van der Waals surface area contributed by atoms with Gasteiger partial charge < -0.3 is 9.64 Å². The van der Waals surface area contributed by atoms with E-state index in [-0.39, 0.29) is 10.8 Å². The van der Waals surface area contributed by atoms with Crippen LogP contribution in [0.2, 0.25) is 5.02 Å². The zero-order valence-electron chi connectivity index (χ0n) is 15.0. The third kappa shape index (κ3) is 3.92. The summed E-state index contributed by atoms with van der Waals surface area (Å²) in [5.41, 5.74) is 1.56. The summed E-state index contributed by atoms with van der Waals surface area (Å²) in [5.74, 6) is 0.282. The summed E-state index contributed by atoms with van der Waals surface area (Å²) in [6.07, 6.45) is 0. The summed E-state index contributed by atoms with van der Waals surface area (Å²) in [6.45, 7) is 1.82. The topological polar surface area (TPSA) is 66.9 Å². The molecule has 1 fully saturated rings. The molecular formula is C19H19ClN2O4S2. The molecule has 2 aromatic rings. The van der Waals surface area contributed by atoms with Gasteiger partial charge in [0, 0.05) is 23.0 Å². The molecule has 2 aliphatic heterocycles. The summed E-state index contributed by atoms with van der Waals surface area (Å²) < 4.78 is 32.7. The molecule has 2 aromatic carbocycles. The number of anilines is 1. The van der Waals surface area contributed by atoms with E-state index in [1.165, 1.54) is 16.1 Å². The fraction of sp³-hybridized carbons (Fsp3) is 0.316. The molecule has 0 aromatic heterocycles. The molecule has 1 saturated heterocycles. The van der Waals surface area contributed by atoms with Gasteiger partial charge in [-0.2, -0.15) is 4.31 Å². The molecule has 2 aliphatic rings. The average molecular weight is 439 g/mol. The molecule has 0 saturated carbocycles. The number of thioether (sulfide) groups is 1. The number of fused-ring (bicyclic) bond motifs is 1. The maximum atomic E-state index is 13.0. The Kier molecular flexibility index (Phi) is 5.66. The highest BCUT2D eigenvalue weighted by atomic mass is 35.5. The van der Waals surface area contributed by atoms with E-state index in [1.807, 2.05) is 12.1 Å². The second-order valence-electron chi connectivity index (χ2n) is 6.54. The first-order valence-electron chi connectivity index (χ1n) is 8.85. The van der Waals surface area contributed by atoms with Gasteiger partial charge in [-0.1, -0.05) is 23.7 Å². The van der Waals surface area contributed by atoms with Crippen molar-refractivity contribution in [2.24, 2.45) is 0 Å². The Labute approximate surface area is 173 Å². The minimum Gasteiger partial charge on any atom is -0.379 e. The minimum atomic E-state index is -3.63. The van der Waals surface area contributed by atoms with Gasteiger partial charge in [-0.3, -0.25) is 4.79 Å². The van der Waals surface area contributed by atoms with Gasteiger partial charge in [-0.25, -0.2) is 8.42 Å². The molecule has 4 rings (SSSR count). The van der Waals surface area contributed by atoms with Gasteiger partial charge in [-0.05, 0) is 35.9 Å². The smallest absolute Gasteiger partial charge is 0.243 e. The normalized spacial score (nSPS) is 18.2.